The molecule has 1 amide bonds. The van der Waals surface area contributed by atoms with E-state index in [0.29, 0.717) is 10.8 Å². The van der Waals surface area contributed by atoms with E-state index < -0.39 is 5.60 Å². The maximum Gasteiger partial charge on any atom is 0.408 e. The average Bonchev–Trinajstić information content (AvgIpc) is 3.20. The summed E-state index contributed by atoms with van der Waals surface area (Å²) in [7, 11) is 0. The highest BCUT2D eigenvalue weighted by Gasteiger charge is 2.51. The van der Waals surface area contributed by atoms with E-state index in [-0.39, 0.29) is 17.0 Å². The number of fused-ring (bicyclic) bond motifs is 4. The quantitative estimate of drug-likeness (QED) is 0.445. The van der Waals surface area contributed by atoms with Crippen molar-refractivity contribution in [1.29, 1.82) is 0 Å². The minimum atomic E-state index is -0.468. The van der Waals surface area contributed by atoms with Gasteiger partial charge in [0, 0.05) is 22.6 Å². The molecule has 0 aromatic carbocycles. The van der Waals surface area contributed by atoms with Gasteiger partial charge in [-0.3, -0.25) is 0 Å². The third-order valence-electron chi connectivity index (χ3n) is 8.67. The molecule has 0 aliphatic heterocycles. The van der Waals surface area contributed by atoms with Crippen LogP contribution in [0.2, 0.25) is 0 Å². The molecule has 4 saturated carbocycles. The molecule has 1 heterocycles. The molecule has 1 aromatic heterocycles. The molecule has 188 valence electrons. The molecule has 5 rings (SSSR count). The number of nitrogens with zero attached hydrogens (tertiary/aromatic N) is 1. The molecule has 1 aromatic rings. The summed E-state index contributed by atoms with van der Waals surface area (Å²) in [5.41, 5.74) is 1.14. The molecule has 4 heteroatoms. The Morgan fingerprint density at radius 1 is 1.00 bits per heavy atom. The highest BCUT2D eigenvalue weighted by molar-refractivity contribution is 5.69. The highest BCUT2D eigenvalue weighted by Crippen LogP contribution is 2.58. The van der Waals surface area contributed by atoms with Crippen molar-refractivity contribution in [2.24, 2.45) is 16.2 Å². The van der Waals surface area contributed by atoms with Crippen LogP contribution in [0.3, 0.4) is 0 Å². The Bertz CT molecular complexity index is 1030. The van der Waals surface area contributed by atoms with Gasteiger partial charge in [-0.15, -0.1) is 6.42 Å². The molecular weight excluding hydrogens is 432 g/mol. The topological polar surface area (TPSA) is 51.2 Å². The molecule has 4 aliphatic rings. The van der Waals surface area contributed by atoms with Crippen molar-refractivity contribution in [1.82, 2.24) is 10.3 Å². The molecule has 0 saturated heterocycles. The van der Waals surface area contributed by atoms with Crippen LogP contribution in [0.1, 0.15) is 110 Å². The number of hydrogen-bond acceptors (Lipinski definition) is 3. The number of ether oxygens (including phenoxy) is 1. The van der Waals surface area contributed by atoms with Crippen molar-refractivity contribution in [3.05, 3.63) is 30.1 Å². The molecule has 4 nitrogen and oxygen atoms in total. The van der Waals surface area contributed by atoms with Crippen LogP contribution in [0.4, 0.5) is 4.79 Å². The number of carbonyl (C=O) groups excluding carboxylic acids is 1. The minimum Gasteiger partial charge on any atom is -0.444 e. The molecule has 0 radical (unpaired) electrons. The normalized spacial score (nSPS) is 34.9. The highest BCUT2D eigenvalue weighted by atomic mass is 16.6. The van der Waals surface area contributed by atoms with Crippen molar-refractivity contribution < 1.29 is 9.53 Å². The van der Waals surface area contributed by atoms with E-state index >= 15 is 0 Å². The van der Waals surface area contributed by atoms with Crippen LogP contribution in [-0.4, -0.2) is 22.2 Å². The van der Waals surface area contributed by atoms with Crippen molar-refractivity contribution in [2.45, 2.75) is 116 Å². The van der Waals surface area contributed by atoms with Gasteiger partial charge in [0.1, 0.15) is 11.3 Å². The van der Waals surface area contributed by atoms with E-state index in [9.17, 15) is 4.79 Å². The van der Waals surface area contributed by atoms with E-state index in [2.05, 4.69) is 35.0 Å². The first-order valence-electron chi connectivity index (χ1n) is 13.4. The number of terminal acetylenes is 1. The summed E-state index contributed by atoms with van der Waals surface area (Å²) in [6, 6.07) is 5.79. The van der Waals surface area contributed by atoms with Crippen LogP contribution in [0.5, 0.6) is 0 Å². The SMILES string of the molecule is C#CC12CCCC(C)(CC1)C2.CC(C)(C)OC(=O)NC12CCCC(C#Cc3ccccn3)(CC1)C2. The standard InChI is InChI=1S/C20H26N2O2.C11H16/c1-18(2,3)24-17(23)22-20-10-6-9-19(15-20,12-13-20)11-8-16-7-4-5-14-21-16;1-3-11-6-4-5-10(2,9-11)7-8-11/h4-5,7,14H,6,9-10,12-13,15H2,1-3H3,(H,22,23);1H,4-9H2,2H3. The van der Waals surface area contributed by atoms with Gasteiger partial charge in [-0.05, 0) is 115 Å². The van der Waals surface area contributed by atoms with Gasteiger partial charge in [0.15, 0.2) is 0 Å². The number of pyridine rings is 1. The van der Waals surface area contributed by atoms with Crippen LogP contribution >= 0.6 is 0 Å². The Morgan fingerprint density at radius 3 is 2.43 bits per heavy atom. The lowest BCUT2D eigenvalue weighted by Gasteiger charge is -2.37. The zero-order valence-electron chi connectivity index (χ0n) is 22.1. The number of amides is 1. The Balaban J connectivity index is 0.000000218. The summed E-state index contributed by atoms with van der Waals surface area (Å²) in [6.07, 6.45) is 21.2. The first-order valence-corrected chi connectivity index (χ1v) is 13.4. The van der Waals surface area contributed by atoms with Gasteiger partial charge >= 0.3 is 6.09 Å². The first kappa shape index (κ1) is 25.6. The van der Waals surface area contributed by atoms with Gasteiger partial charge in [-0.2, -0.15) is 0 Å². The minimum absolute atomic E-state index is 0.00475. The van der Waals surface area contributed by atoms with Gasteiger partial charge in [-0.25, -0.2) is 9.78 Å². The van der Waals surface area contributed by atoms with Gasteiger partial charge < -0.3 is 10.1 Å². The number of aromatic nitrogens is 1. The molecular formula is C31H42N2O2. The van der Waals surface area contributed by atoms with Crippen LogP contribution < -0.4 is 5.32 Å². The van der Waals surface area contributed by atoms with Gasteiger partial charge in [0.25, 0.3) is 0 Å². The van der Waals surface area contributed by atoms with Crippen molar-refractivity contribution in [2.75, 3.05) is 0 Å². The van der Waals surface area contributed by atoms with E-state index in [1.807, 2.05) is 39.0 Å². The summed E-state index contributed by atoms with van der Waals surface area (Å²) in [5.74, 6) is 9.75. The Labute approximate surface area is 212 Å². The molecule has 4 bridgehead atoms. The van der Waals surface area contributed by atoms with E-state index in [4.69, 9.17) is 11.2 Å². The third-order valence-corrected chi connectivity index (χ3v) is 8.67. The second-order valence-electron chi connectivity index (χ2n) is 12.9. The maximum atomic E-state index is 12.2. The largest absolute Gasteiger partial charge is 0.444 e. The summed E-state index contributed by atoms with van der Waals surface area (Å²) in [4.78, 5) is 16.5. The van der Waals surface area contributed by atoms with Crippen LogP contribution in [0, 0.1) is 40.4 Å². The van der Waals surface area contributed by atoms with Crippen molar-refractivity contribution in [3.8, 4) is 24.2 Å². The van der Waals surface area contributed by atoms with Gasteiger partial charge in [0.2, 0.25) is 0 Å². The zero-order valence-corrected chi connectivity index (χ0v) is 22.1. The molecule has 4 fully saturated rings. The third kappa shape index (κ3) is 6.22. The van der Waals surface area contributed by atoms with E-state index in [1.54, 1.807) is 6.20 Å². The molecule has 4 atom stereocenters. The van der Waals surface area contributed by atoms with E-state index in [0.717, 1.165) is 44.2 Å². The lowest BCUT2D eigenvalue weighted by atomic mass is 9.70. The van der Waals surface area contributed by atoms with Crippen LogP contribution in [-0.2, 0) is 4.74 Å². The first-order chi connectivity index (χ1) is 16.5. The fourth-order valence-corrected chi connectivity index (χ4v) is 7.00. The Kier molecular flexibility index (Phi) is 6.98. The molecule has 35 heavy (non-hydrogen) atoms. The average molecular weight is 475 g/mol. The van der Waals surface area contributed by atoms with E-state index in [1.165, 1.54) is 38.5 Å². The van der Waals surface area contributed by atoms with Crippen molar-refractivity contribution in [3.63, 3.8) is 0 Å². The van der Waals surface area contributed by atoms with Crippen LogP contribution in [0.25, 0.3) is 0 Å². The Hall–Kier alpha value is -2.46. The lowest BCUT2D eigenvalue weighted by molar-refractivity contribution is 0.0429. The Morgan fingerprint density at radius 2 is 1.74 bits per heavy atom. The van der Waals surface area contributed by atoms with Crippen LogP contribution in [0.15, 0.2) is 24.4 Å². The van der Waals surface area contributed by atoms with Gasteiger partial charge in [0.05, 0.1) is 0 Å². The molecule has 4 aliphatic carbocycles. The number of rotatable bonds is 1. The predicted octanol–water partition coefficient (Wildman–Crippen LogP) is 7.03. The number of alkyl carbamates (subject to hydrolysis) is 1. The monoisotopic (exact) mass is 474 g/mol. The van der Waals surface area contributed by atoms with Crippen molar-refractivity contribution >= 4 is 6.09 Å². The summed E-state index contributed by atoms with van der Waals surface area (Å²) in [5, 5.41) is 3.16. The predicted molar refractivity (Wildman–Crippen MR) is 140 cm³/mol. The molecule has 4 unspecified atom stereocenters. The number of nitrogens with one attached hydrogen (secondary N) is 1. The summed E-state index contributed by atoms with van der Waals surface area (Å²) < 4.78 is 5.45. The summed E-state index contributed by atoms with van der Waals surface area (Å²) in [6.45, 7) is 8.08. The lowest BCUT2D eigenvalue weighted by Crippen LogP contribution is -2.50. The number of hydrogen-bond donors (Lipinski definition) is 1. The molecule has 1 N–H and O–H groups in total. The second-order valence-corrected chi connectivity index (χ2v) is 12.9. The molecule has 0 spiro atoms. The number of carbonyl (C=O) groups is 1. The maximum absolute atomic E-state index is 12.2. The fourth-order valence-electron chi connectivity index (χ4n) is 7.00. The van der Waals surface area contributed by atoms with Gasteiger partial charge in [-0.1, -0.05) is 31.3 Å². The fraction of sp³-hybridized carbons (Fsp3) is 0.677. The zero-order chi connectivity index (χ0) is 25.2. The smallest absolute Gasteiger partial charge is 0.408 e. The second kappa shape index (κ2) is 9.54. The summed E-state index contributed by atoms with van der Waals surface area (Å²) >= 11 is 0.